The Balaban J connectivity index is 1.68. The first-order valence-corrected chi connectivity index (χ1v) is 8.96. The maximum absolute atomic E-state index is 6.07. The molecule has 2 N–H and O–H groups in total. The molecule has 1 atom stereocenters. The van der Waals surface area contributed by atoms with E-state index in [0.29, 0.717) is 11.7 Å². The van der Waals surface area contributed by atoms with Crippen LogP contribution in [0.4, 0.5) is 5.69 Å². The van der Waals surface area contributed by atoms with Crippen molar-refractivity contribution >= 4 is 23.0 Å². The van der Waals surface area contributed by atoms with E-state index in [0.717, 1.165) is 29.2 Å². The summed E-state index contributed by atoms with van der Waals surface area (Å²) in [5.74, 6) is 1.77. The Morgan fingerprint density at radius 1 is 1.20 bits per heavy atom. The van der Waals surface area contributed by atoms with E-state index in [1.54, 1.807) is 0 Å². The monoisotopic (exact) mass is 356 g/mol. The number of anilines is 1. The summed E-state index contributed by atoms with van der Waals surface area (Å²) >= 11 is 5.51. The van der Waals surface area contributed by atoms with Crippen LogP contribution < -0.4 is 20.1 Å². The lowest BCUT2D eigenvalue weighted by molar-refractivity contribution is 0.0697. The molecule has 5 heteroatoms. The topological polar surface area (TPSA) is 42.5 Å². The highest BCUT2D eigenvalue weighted by Crippen LogP contribution is 2.39. The number of ether oxygens (including phenoxy) is 2. The molecule has 132 valence electrons. The fourth-order valence-corrected chi connectivity index (χ4v) is 3.32. The van der Waals surface area contributed by atoms with E-state index in [2.05, 4.69) is 30.5 Å². The summed E-state index contributed by atoms with van der Waals surface area (Å²) in [5, 5.41) is 7.27. The molecule has 0 saturated heterocycles. The smallest absolute Gasteiger partial charge is 0.171 e. The zero-order valence-corrected chi connectivity index (χ0v) is 15.7. The fourth-order valence-electron chi connectivity index (χ4n) is 3.06. The van der Waals surface area contributed by atoms with Crippen LogP contribution in [0.15, 0.2) is 48.5 Å². The van der Waals surface area contributed by atoms with Crippen molar-refractivity contribution in [2.24, 2.45) is 0 Å². The Hall–Kier alpha value is -2.27. The van der Waals surface area contributed by atoms with Gasteiger partial charge in [-0.1, -0.05) is 18.2 Å². The molecular formula is C20H24N2O2S. The largest absolute Gasteiger partial charge is 0.494 e. The van der Waals surface area contributed by atoms with Crippen molar-refractivity contribution in [2.75, 3.05) is 11.9 Å². The Kier molecular flexibility index (Phi) is 5.13. The Morgan fingerprint density at radius 3 is 2.64 bits per heavy atom. The van der Waals surface area contributed by atoms with Crippen LogP contribution in [0.2, 0.25) is 0 Å². The lowest BCUT2D eigenvalue weighted by atomic mass is 9.90. The van der Waals surface area contributed by atoms with Gasteiger partial charge in [0.25, 0.3) is 0 Å². The minimum absolute atomic E-state index is 0.114. The molecule has 2 aromatic carbocycles. The number of nitrogens with one attached hydrogen (secondary N) is 2. The van der Waals surface area contributed by atoms with Crippen LogP contribution in [0.5, 0.6) is 11.5 Å². The second kappa shape index (κ2) is 7.31. The first kappa shape index (κ1) is 17.5. The summed E-state index contributed by atoms with van der Waals surface area (Å²) < 4.78 is 11.5. The molecule has 0 unspecified atom stereocenters. The van der Waals surface area contributed by atoms with Gasteiger partial charge in [-0.05, 0) is 63.3 Å². The number of rotatable bonds is 4. The van der Waals surface area contributed by atoms with E-state index in [9.17, 15) is 0 Å². The van der Waals surface area contributed by atoms with Crippen LogP contribution in [0.3, 0.4) is 0 Å². The number of hydrogen-bond donors (Lipinski definition) is 2. The lowest BCUT2D eigenvalue weighted by Gasteiger charge is -2.38. The average molecular weight is 356 g/mol. The van der Waals surface area contributed by atoms with Gasteiger partial charge in [-0.3, -0.25) is 0 Å². The summed E-state index contributed by atoms with van der Waals surface area (Å²) in [5.41, 5.74) is 1.83. The zero-order chi connectivity index (χ0) is 17.9. The van der Waals surface area contributed by atoms with E-state index in [-0.39, 0.29) is 11.6 Å². The first-order chi connectivity index (χ1) is 12.0. The maximum atomic E-state index is 6.07. The third kappa shape index (κ3) is 4.42. The van der Waals surface area contributed by atoms with Crippen molar-refractivity contribution in [3.63, 3.8) is 0 Å². The zero-order valence-electron chi connectivity index (χ0n) is 14.8. The molecule has 3 rings (SSSR count). The Morgan fingerprint density at radius 2 is 1.92 bits per heavy atom. The van der Waals surface area contributed by atoms with Crippen molar-refractivity contribution in [2.45, 2.75) is 38.8 Å². The molecule has 0 radical (unpaired) electrons. The second-order valence-electron chi connectivity index (χ2n) is 6.71. The predicted octanol–water partition coefficient (Wildman–Crippen LogP) is 4.67. The standard InChI is InChI=1S/C20H24N2O2S/c1-4-23-15-11-9-14(10-12-15)21-19(25)22-17-13-20(2,3)24-18-8-6-5-7-16(17)18/h5-12,17H,4,13H2,1-3H3,(H2,21,22,25)/t17-/m0/s1. The highest BCUT2D eigenvalue weighted by Gasteiger charge is 2.33. The molecule has 25 heavy (non-hydrogen) atoms. The van der Waals surface area contributed by atoms with Gasteiger partial charge in [0, 0.05) is 17.7 Å². The van der Waals surface area contributed by atoms with E-state index >= 15 is 0 Å². The van der Waals surface area contributed by atoms with Crippen LogP contribution in [-0.2, 0) is 0 Å². The summed E-state index contributed by atoms with van der Waals surface area (Å²) in [6, 6.07) is 16.0. The van der Waals surface area contributed by atoms with E-state index in [1.165, 1.54) is 0 Å². The average Bonchev–Trinajstić information content (AvgIpc) is 2.56. The highest BCUT2D eigenvalue weighted by molar-refractivity contribution is 7.80. The Bertz CT molecular complexity index is 744. The molecule has 0 amide bonds. The van der Waals surface area contributed by atoms with Crippen molar-refractivity contribution in [3.8, 4) is 11.5 Å². The van der Waals surface area contributed by atoms with Gasteiger partial charge in [-0.25, -0.2) is 0 Å². The van der Waals surface area contributed by atoms with Crippen LogP contribution >= 0.6 is 12.2 Å². The summed E-state index contributed by atoms with van der Waals surface area (Å²) in [6.07, 6.45) is 0.842. The lowest BCUT2D eigenvalue weighted by Crippen LogP contribution is -2.42. The molecule has 4 nitrogen and oxygen atoms in total. The number of fused-ring (bicyclic) bond motifs is 1. The van der Waals surface area contributed by atoms with Gasteiger partial charge in [0.05, 0.1) is 12.6 Å². The summed E-state index contributed by atoms with van der Waals surface area (Å²) in [6.45, 7) is 6.82. The van der Waals surface area contributed by atoms with Gasteiger partial charge < -0.3 is 20.1 Å². The first-order valence-electron chi connectivity index (χ1n) is 8.55. The summed E-state index contributed by atoms with van der Waals surface area (Å²) in [7, 11) is 0. The molecule has 1 aliphatic heterocycles. The molecule has 0 saturated carbocycles. The number of para-hydroxylation sites is 1. The minimum atomic E-state index is -0.235. The van der Waals surface area contributed by atoms with Gasteiger partial charge in [-0.2, -0.15) is 0 Å². The van der Waals surface area contributed by atoms with E-state index in [1.807, 2.05) is 49.4 Å². The van der Waals surface area contributed by atoms with Crippen molar-refractivity contribution in [1.82, 2.24) is 5.32 Å². The second-order valence-corrected chi connectivity index (χ2v) is 7.12. The molecule has 0 spiro atoms. The van der Waals surface area contributed by atoms with E-state index in [4.69, 9.17) is 21.7 Å². The van der Waals surface area contributed by atoms with Gasteiger partial charge in [0.15, 0.2) is 5.11 Å². The third-order valence-corrected chi connectivity index (χ3v) is 4.32. The molecule has 2 aromatic rings. The quantitative estimate of drug-likeness (QED) is 0.779. The highest BCUT2D eigenvalue weighted by atomic mass is 32.1. The number of hydrogen-bond acceptors (Lipinski definition) is 3. The van der Waals surface area contributed by atoms with Gasteiger partial charge in [-0.15, -0.1) is 0 Å². The van der Waals surface area contributed by atoms with Crippen molar-refractivity contribution < 1.29 is 9.47 Å². The minimum Gasteiger partial charge on any atom is -0.494 e. The molecule has 0 aromatic heterocycles. The van der Waals surface area contributed by atoms with Gasteiger partial charge >= 0.3 is 0 Å². The third-order valence-electron chi connectivity index (χ3n) is 4.10. The van der Waals surface area contributed by atoms with Gasteiger partial charge in [0.1, 0.15) is 17.1 Å². The molecular weight excluding hydrogens is 332 g/mol. The van der Waals surface area contributed by atoms with E-state index < -0.39 is 0 Å². The van der Waals surface area contributed by atoms with Crippen LogP contribution in [0, 0.1) is 0 Å². The SMILES string of the molecule is CCOc1ccc(NC(=S)N[C@H]2CC(C)(C)Oc3ccccc32)cc1. The summed E-state index contributed by atoms with van der Waals surface area (Å²) in [4.78, 5) is 0. The Labute approximate surface area is 154 Å². The predicted molar refractivity (Wildman–Crippen MR) is 105 cm³/mol. The molecule has 0 fully saturated rings. The maximum Gasteiger partial charge on any atom is 0.171 e. The number of thiocarbonyl (C=S) groups is 1. The molecule has 0 aliphatic carbocycles. The van der Waals surface area contributed by atoms with Crippen LogP contribution in [0.25, 0.3) is 0 Å². The molecule has 1 heterocycles. The van der Waals surface area contributed by atoms with Gasteiger partial charge in [0.2, 0.25) is 0 Å². The van der Waals surface area contributed by atoms with Crippen LogP contribution in [0.1, 0.15) is 38.8 Å². The fraction of sp³-hybridized carbons (Fsp3) is 0.350. The van der Waals surface area contributed by atoms with Crippen molar-refractivity contribution in [3.05, 3.63) is 54.1 Å². The molecule has 0 bridgehead atoms. The normalized spacial score (nSPS) is 17.8. The van der Waals surface area contributed by atoms with Crippen LogP contribution in [-0.4, -0.2) is 17.3 Å². The number of benzene rings is 2. The van der Waals surface area contributed by atoms with Crippen molar-refractivity contribution in [1.29, 1.82) is 0 Å². The molecule has 1 aliphatic rings.